The van der Waals surface area contributed by atoms with Gasteiger partial charge in [0, 0.05) is 34.9 Å². The van der Waals surface area contributed by atoms with E-state index in [2.05, 4.69) is 10.3 Å². The molecule has 3 aromatic rings. The molecule has 2 N–H and O–H groups in total. The molecule has 0 saturated carbocycles. The molecular weight excluding hydrogens is 272 g/mol. The first-order chi connectivity index (χ1) is 9.72. The number of hydrogen-bond acceptors (Lipinski definition) is 3. The van der Waals surface area contributed by atoms with Gasteiger partial charge >= 0.3 is 0 Å². The number of aromatic nitrogens is 1. The molecule has 0 aliphatic heterocycles. The molecule has 0 radical (unpaired) electrons. The van der Waals surface area contributed by atoms with E-state index in [0.29, 0.717) is 12.1 Å². The van der Waals surface area contributed by atoms with Crippen LogP contribution in [0.25, 0.3) is 10.9 Å². The maximum atomic E-state index is 9.97. The number of halogens is 1. The number of benzene rings is 2. The molecule has 3 rings (SSSR count). The maximum absolute atomic E-state index is 9.97. The van der Waals surface area contributed by atoms with Gasteiger partial charge in [0.25, 0.3) is 0 Å². The van der Waals surface area contributed by atoms with Crippen molar-refractivity contribution in [1.29, 1.82) is 0 Å². The predicted molar refractivity (Wildman–Crippen MR) is 82.2 cm³/mol. The van der Waals surface area contributed by atoms with Gasteiger partial charge in [-0.25, -0.2) is 0 Å². The number of nitrogens with zero attached hydrogens (tertiary/aromatic N) is 1. The normalized spacial score (nSPS) is 10.7. The number of nitrogens with one attached hydrogen (secondary N) is 1. The molecule has 100 valence electrons. The van der Waals surface area contributed by atoms with Crippen molar-refractivity contribution in [2.24, 2.45) is 0 Å². The van der Waals surface area contributed by atoms with Crippen LogP contribution in [0.4, 0.5) is 5.69 Å². The number of phenolic OH excluding ortho intramolecular Hbond substituents is 1. The summed E-state index contributed by atoms with van der Waals surface area (Å²) >= 11 is 5.85. The summed E-state index contributed by atoms with van der Waals surface area (Å²) in [4.78, 5) is 4.16. The van der Waals surface area contributed by atoms with E-state index in [9.17, 15) is 5.11 Å². The molecule has 0 saturated heterocycles. The Morgan fingerprint density at radius 2 is 1.90 bits per heavy atom. The van der Waals surface area contributed by atoms with Crippen LogP contribution >= 0.6 is 11.6 Å². The first kappa shape index (κ1) is 12.8. The smallest absolute Gasteiger partial charge is 0.143 e. The Morgan fingerprint density at radius 3 is 2.70 bits per heavy atom. The molecule has 0 amide bonds. The first-order valence-electron chi connectivity index (χ1n) is 6.28. The van der Waals surface area contributed by atoms with E-state index in [1.54, 1.807) is 12.3 Å². The Bertz CT molecular complexity index is 741. The molecule has 0 aliphatic carbocycles. The minimum atomic E-state index is 0.182. The highest BCUT2D eigenvalue weighted by atomic mass is 35.5. The fourth-order valence-corrected chi connectivity index (χ4v) is 2.21. The van der Waals surface area contributed by atoms with Gasteiger partial charge in [-0.2, -0.15) is 0 Å². The topological polar surface area (TPSA) is 45.1 Å². The van der Waals surface area contributed by atoms with Gasteiger partial charge in [0.2, 0.25) is 0 Å². The SMILES string of the molecule is Oc1cc(NCc2ccc(Cl)cc2)cc2cccnc12. The van der Waals surface area contributed by atoms with Crippen molar-refractivity contribution in [3.8, 4) is 5.75 Å². The molecule has 0 spiro atoms. The Labute approximate surface area is 121 Å². The Balaban J connectivity index is 1.82. The van der Waals surface area contributed by atoms with Crippen LogP contribution in [0.1, 0.15) is 5.56 Å². The van der Waals surface area contributed by atoms with Gasteiger partial charge in [-0.1, -0.05) is 29.8 Å². The highest BCUT2D eigenvalue weighted by Crippen LogP contribution is 2.27. The van der Waals surface area contributed by atoms with Crippen molar-refractivity contribution in [2.45, 2.75) is 6.54 Å². The zero-order valence-corrected chi connectivity index (χ0v) is 11.4. The van der Waals surface area contributed by atoms with Gasteiger partial charge in [-0.3, -0.25) is 4.98 Å². The van der Waals surface area contributed by atoms with Gasteiger partial charge in [-0.15, -0.1) is 0 Å². The average Bonchev–Trinajstić information content (AvgIpc) is 2.47. The summed E-state index contributed by atoms with van der Waals surface area (Å²) < 4.78 is 0. The van der Waals surface area contributed by atoms with Crippen LogP contribution in [-0.4, -0.2) is 10.1 Å². The first-order valence-corrected chi connectivity index (χ1v) is 6.66. The lowest BCUT2D eigenvalue weighted by molar-refractivity contribution is 0.480. The van der Waals surface area contributed by atoms with Crippen LogP contribution in [0.15, 0.2) is 54.7 Å². The summed E-state index contributed by atoms with van der Waals surface area (Å²) in [6.45, 7) is 0.669. The summed E-state index contributed by atoms with van der Waals surface area (Å²) in [7, 11) is 0. The second-order valence-electron chi connectivity index (χ2n) is 4.55. The second kappa shape index (κ2) is 5.39. The third kappa shape index (κ3) is 2.68. The molecule has 1 aromatic heterocycles. The molecule has 0 unspecified atom stereocenters. The third-order valence-corrected chi connectivity index (χ3v) is 3.35. The number of hydrogen-bond donors (Lipinski definition) is 2. The second-order valence-corrected chi connectivity index (χ2v) is 4.99. The van der Waals surface area contributed by atoms with Crippen molar-refractivity contribution in [1.82, 2.24) is 4.98 Å². The standard InChI is InChI=1S/C16H13ClN2O/c17-13-5-3-11(4-6-13)10-19-14-8-12-2-1-7-18-16(12)15(20)9-14/h1-9,19-20H,10H2. The van der Waals surface area contributed by atoms with Gasteiger partial charge in [0.15, 0.2) is 0 Å². The van der Waals surface area contributed by atoms with E-state index < -0.39 is 0 Å². The number of phenols is 1. The quantitative estimate of drug-likeness (QED) is 0.757. The molecule has 0 fully saturated rings. The van der Waals surface area contributed by atoms with Crippen molar-refractivity contribution < 1.29 is 5.11 Å². The Morgan fingerprint density at radius 1 is 1.10 bits per heavy atom. The average molecular weight is 285 g/mol. The lowest BCUT2D eigenvalue weighted by Crippen LogP contribution is -1.99. The van der Waals surface area contributed by atoms with Gasteiger partial charge in [0.05, 0.1) is 0 Å². The molecule has 3 nitrogen and oxygen atoms in total. The predicted octanol–water partition coefficient (Wildman–Crippen LogP) is 4.21. The van der Waals surface area contributed by atoms with Crippen LogP contribution in [0.5, 0.6) is 5.75 Å². The summed E-state index contributed by atoms with van der Waals surface area (Å²) in [6, 6.07) is 15.1. The number of anilines is 1. The van der Waals surface area contributed by atoms with E-state index in [0.717, 1.165) is 21.7 Å². The van der Waals surface area contributed by atoms with Crippen molar-refractivity contribution >= 4 is 28.2 Å². The van der Waals surface area contributed by atoms with E-state index in [1.165, 1.54) is 0 Å². The molecule has 0 atom stereocenters. The van der Waals surface area contributed by atoms with Crippen molar-refractivity contribution in [2.75, 3.05) is 5.32 Å². The lowest BCUT2D eigenvalue weighted by Gasteiger charge is -2.09. The number of pyridine rings is 1. The molecular formula is C16H13ClN2O. The van der Waals surface area contributed by atoms with Crippen LogP contribution < -0.4 is 5.32 Å². The molecule has 0 aliphatic rings. The fraction of sp³-hybridized carbons (Fsp3) is 0.0625. The monoisotopic (exact) mass is 284 g/mol. The highest BCUT2D eigenvalue weighted by molar-refractivity contribution is 6.30. The molecule has 0 bridgehead atoms. The van der Waals surface area contributed by atoms with Gasteiger partial charge in [-0.05, 0) is 29.8 Å². The van der Waals surface area contributed by atoms with Crippen LogP contribution in [0.3, 0.4) is 0 Å². The zero-order chi connectivity index (χ0) is 13.9. The van der Waals surface area contributed by atoms with E-state index >= 15 is 0 Å². The number of rotatable bonds is 3. The van der Waals surface area contributed by atoms with Crippen molar-refractivity contribution in [3.05, 3.63) is 65.3 Å². The Hall–Kier alpha value is -2.26. The minimum Gasteiger partial charge on any atom is -0.506 e. The van der Waals surface area contributed by atoms with E-state index in [-0.39, 0.29) is 5.75 Å². The molecule has 1 heterocycles. The maximum Gasteiger partial charge on any atom is 0.143 e. The van der Waals surface area contributed by atoms with Gasteiger partial charge in [0.1, 0.15) is 11.3 Å². The summed E-state index contributed by atoms with van der Waals surface area (Å²) in [5, 5.41) is 14.9. The number of fused-ring (bicyclic) bond motifs is 1. The summed E-state index contributed by atoms with van der Waals surface area (Å²) in [5.74, 6) is 0.182. The Kier molecular flexibility index (Phi) is 3.44. The fourth-order valence-electron chi connectivity index (χ4n) is 2.08. The zero-order valence-electron chi connectivity index (χ0n) is 10.7. The lowest BCUT2D eigenvalue weighted by atomic mass is 10.1. The van der Waals surface area contributed by atoms with Crippen LogP contribution in [0.2, 0.25) is 5.02 Å². The van der Waals surface area contributed by atoms with E-state index in [4.69, 9.17) is 11.6 Å². The largest absolute Gasteiger partial charge is 0.506 e. The molecule has 4 heteroatoms. The number of aromatic hydroxyl groups is 1. The molecule has 20 heavy (non-hydrogen) atoms. The molecule has 2 aromatic carbocycles. The summed E-state index contributed by atoms with van der Waals surface area (Å²) in [6.07, 6.45) is 1.67. The van der Waals surface area contributed by atoms with Crippen molar-refractivity contribution in [3.63, 3.8) is 0 Å². The van der Waals surface area contributed by atoms with Crippen LogP contribution in [0, 0.1) is 0 Å². The van der Waals surface area contributed by atoms with Gasteiger partial charge < -0.3 is 10.4 Å². The third-order valence-electron chi connectivity index (χ3n) is 3.09. The minimum absolute atomic E-state index is 0.182. The van der Waals surface area contributed by atoms with E-state index in [1.807, 2.05) is 42.5 Å². The highest BCUT2D eigenvalue weighted by Gasteiger charge is 2.03. The summed E-state index contributed by atoms with van der Waals surface area (Å²) in [5.41, 5.74) is 2.60. The van der Waals surface area contributed by atoms with Crippen LogP contribution in [-0.2, 0) is 6.54 Å².